The summed E-state index contributed by atoms with van der Waals surface area (Å²) in [7, 11) is 3.95. The number of amides is 1. The fraction of sp³-hybridized carbons (Fsp3) is 0.588. The molecular formula is C17H31Cl2N3O. The highest BCUT2D eigenvalue weighted by molar-refractivity contribution is 5.85. The molecule has 1 aromatic rings. The molecule has 23 heavy (non-hydrogen) atoms. The van der Waals surface area contributed by atoms with Gasteiger partial charge in [-0.1, -0.05) is 31.0 Å². The number of hydrogen-bond acceptors (Lipinski definition) is 3. The lowest BCUT2D eigenvalue weighted by Gasteiger charge is -2.24. The van der Waals surface area contributed by atoms with Crippen LogP contribution in [-0.2, 0) is 4.79 Å². The van der Waals surface area contributed by atoms with Crippen LogP contribution >= 0.6 is 24.8 Å². The number of carbonyl (C=O) groups is 1. The minimum atomic E-state index is 0. The predicted molar refractivity (Wildman–Crippen MR) is 104 cm³/mol. The summed E-state index contributed by atoms with van der Waals surface area (Å²) >= 11 is 0. The number of benzene rings is 1. The Kier molecular flexibility index (Phi) is 15.4. The van der Waals surface area contributed by atoms with E-state index in [1.807, 2.05) is 30.1 Å². The highest BCUT2D eigenvalue weighted by atomic mass is 35.5. The molecule has 6 heteroatoms. The van der Waals surface area contributed by atoms with Crippen LogP contribution in [0.25, 0.3) is 0 Å². The van der Waals surface area contributed by atoms with Crippen molar-refractivity contribution in [3.63, 3.8) is 0 Å². The normalized spacial score (nSPS) is 9.52. The standard InChI is InChI=1S/C17H29N3O.2ClH/c1-19(16-10-6-5-7-11-16)14-15-20(2)17(21)12-8-3-4-9-13-18;;/h5-7,10-11H,3-4,8-9,12-15,18H2,1-2H3;2*1H. The van der Waals surface area contributed by atoms with Crippen molar-refractivity contribution in [2.24, 2.45) is 5.73 Å². The van der Waals surface area contributed by atoms with Gasteiger partial charge in [-0.25, -0.2) is 0 Å². The Balaban J connectivity index is 0. The Morgan fingerprint density at radius 2 is 1.57 bits per heavy atom. The first-order chi connectivity index (χ1) is 10.1. The van der Waals surface area contributed by atoms with Gasteiger partial charge in [0.1, 0.15) is 0 Å². The van der Waals surface area contributed by atoms with Gasteiger partial charge < -0.3 is 15.5 Å². The van der Waals surface area contributed by atoms with Crippen molar-refractivity contribution < 1.29 is 4.79 Å². The van der Waals surface area contributed by atoms with Gasteiger partial charge in [-0.15, -0.1) is 24.8 Å². The smallest absolute Gasteiger partial charge is 0.222 e. The number of halogens is 2. The molecule has 0 unspecified atom stereocenters. The molecule has 0 atom stereocenters. The molecule has 1 aromatic carbocycles. The van der Waals surface area contributed by atoms with Gasteiger partial charge in [0.2, 0.25) is 5.91 Å². The highest BCUT2D eigenvalue weighted by Crippen LogP contribution is 2.10. The average molecular weight is 364 g/mol. The topological polar surface area (TPSA) is 49.6 Å². The lowest BCUT2D eigenvalue weighted by Crippen LogP contribution is -2.34. The maximum absolute atomic E-state index is 12.0. The third kappa shape index (κ3) is 10.4. The molecule has 0 spiro atoms. The molecule has 0 aliphatic carbocycles. The molecule has 0 saturated heterocycles. The van der Waals surface area contributed by atoms with Crippen molar-refractivity contribution in [2.75, 3.05) is 38.6 Å². The molecular weight excluding hydrogens is 333 g/mol. The zero-order valence-electron chi connectivity index (χ0n) is 14.2. The summed E-state index contributed by atoms with van der Waals surface area (Å²) < 4.78 is 0. The van der Waals surface area contributed by atoms with Crippen LogP contribution in [0.1, 0.15) is 32.1 Å². The molecule has 0 radical (unpaired) electrons. The molecule has 4 nitrogen and oxygen atoms in total. The minimum absolute atomic E-state index is 0. The second kappa shape index (κ2) is 14.6. The van der Waals surface area contributed by atoms with E-state index in [4.69, 9.17) is 5.73 Å². The Hall–Kier alpha value is -0.970. The summed E-state index contributed by atoms with van der Waals surface area (Å²) in [4.78, 5) is 16.0. The lowest BCUT2D eigenvalue weighted by atomic mass is 10.1. The van der Waals surface area contributed by atoms with Crippen LogP contribution in [-0.4, -0.2) is 44.5 Å². The molecule has 0 fully saturated rings. The maximum atomic E-state index is 12.0. The fourth-order valence-corrected chi connectivity index (χ4v) is 2.20. The molecule has 0 bridgehead atoms. The number of anilines is 1. The summed E-state index contributed by atoms with van der Waals surface area (Å²) in [5, 5.41) is 0. The summed E-state index contributed by atoms with van der Waals surface area (Å²) in [6, 6.07) is 10.2. The number of para-hydroxylation sites is 1. The Morgan fingerprint density at radius 1 is 0.957 bits per heavy atom. The number of carbonyl (C=O) groups excluding carboxylic acids is 1. The molecule has 1 amide bonds. The zero-order chi connectivity index (χ0) is 15.5. The molecule has 0 aliphatic heterocycles. The molecule has 0 aromatic heterocycles. The minimum Gasteiger partial charge on any atom is -0.373 e. The maximum Gasteiger partial charge on any atom is 0.222 e. The van der Waals surface area contributed by atoms with E-state index in [1.54, 1.807) is 0 Å². The first kappa shape index (κ1) is 24.3. The fourth-order valence-electron chi connectivity index (χ4n) is 2.20. The van der Waals surface area contributed by atoms with Crippen molar-refractivity contribution in [1.82, 2.24) is 4.90 Å². The number of unbranched alkanes of at least 4 members (excludes halogenated alkanes) is 3. The summed E-state index contributed by atoms with van der Waals surface area (Å²) in [5.74, 6) is 0.240. The van der Waals surface area contributed by atoms with Crippen molar-refractivity contribution in [3.05, 3.63) is 30.3 Å². The third-order valence-electron chi connectivity index (χ3n) is 3.74. The molecule has 0 aliphatic rings. The first-order valence-corrected chi connectivity index (χ1v) is 7.85. The van der Waals surface area contributed by atoms with Gasteiger partial charge in [-0.3, -0.25) is 4.79 Å². The van der Waals surface area contributed by atoms with Crippen LogP contribution in [0, 0.1) is 0 Å². The molecule has 0 heterocycles. The van der Waals surface area contributed by atoms with Gasteiger partial charge in [0.15, 0.2) is 0 Å². The van der Waals surface area contributed by atoms with E-state index in [0.717, 1.165) is 45.3 Å². The van der Waals surface area contributed by atoms with Crippen LogP contribution in [0.4, 0.5) is 5.69 Å². The highest BCUT2D eigenvalue weighted by Gasteiger charge is 2.09. The Morgan fingerprint density at radius 3 is 2.17 bits per heavy atom. The molecule has 134 valence electrons. The van der Waals surface area contributed by atoms with E-state index < -0.39 is 0 Å². The molecule has 1 rings (SSSR count). The second-order valence-electron chi connectivity index (χ2n) is 5.53. The van der Waals surface area contributed by atoms with E-state index in [1.165, 1.54) is 5.69 Å². The zero-order valence-corrected chi connectivity index (χ0v) is 15.9. The van der Waals surface area contributed by atoms with Gasteiger partial charge >= 0.3 is 0 Å². The van der Waals surface area contributed by atoms with E-state index in [0.29, 0.717) is 6.42 Å². The van der Waals surface area contributed by atoms with Crippen LogP contribution in [0.15, 0.2) is 30.3 Å². The monoisotopic (exact) mass is 363 g/mol. The summed E-state index contributed by atoms with van der Waals surface area (Å²) in [6.45, 7) is 2.35. The van der Waals surface area contributed by atoms with Gasteiger partial charge in [0, 0.05) is 39.3 Å². The van der Waals surface area contributed by atoms with Crippen molar-refractivity contribution in [3.8, 4) is 0 Å². The Labute approximate surface area is 153 Å². The quantitative estimate of drug-likeness (QED) is 0.648. The van der Waals surface area contributed by atoms with E-state index >= 15 is 0 Å². The number of rotatable bonds is 10. The van der Waals surface area contributed by atoms with Gasteiger partial charge in [-0.05, 0) is 31.5 Å². The number of likely N-dealkylation sites (N-methyl/N-ethyl adjacent to an activating group) is 2. The predicted octanol–water partition coefficient (Wildman–Crippen LogP) is 3.33. The van der Waals surface area contributed by atoms with Crippen molar-refractivity contribution in [1.29, 1.82) is 0 Å². The third-order valence-corrected chi connectivity index (χ3v) is 3.74. The largest absolute Gasteiger partial charge is 0.373 e. The van der Waals surface area contributed by atoms with Crippen LogP contribution in [0.5, 0.6) is 0 Å². The molecule has 2 N–H and O–H groups in total. The van der Waals surface area contributed by atoms with Crippen LogP contribution < -0.4 is 10.6 Å². The average Bonchev–Trinajstić information content (AvgIpc) is 2.52. The van der Waals surface area contributed by atoms with E-state index in [-0.39, 0.29) is 30.7 Å². The Bertz CT molecular complexity index is 404. The lowest BCUT2D eigenvalue weighted by molar-refractivity contribution is -0.129. The van der Waals surface area contributed by atoms with Gasteiger partial charge in [0.25, 0.3) is 0 Å². The number of hydrogen-bond donors (Lipinski definition) is 1. The summed E-state index contributed by atoms with van der Waals surface area (Å²) in [6.07, 6.45) is 4.91. The second-order valence-corrected chi connectivity index (χ2v) is 5.53. The van der Waals surface area contributed by atoms with Crippen molar-refractivity contribution >= 4 is 36.4 Å². The van der Waals surface area contributed by atoms with E-state index in [2.05, 4.69) is 24.1 Å². The summed E-state index contributed by atoms with van der Waals surface area (Å²) in [5.41, 5.74) is 6.64. The molecule has 0 saturated carbocycles. The van der Waals surface area contributed by atoms with Gasteiger partial charge in [-0.2, -0.15) is 0 Å². The first-order valence-electron chi connectivity index (χ1n) is 7.85. The van der Waals surface area contributed by atoms with E-state index in [9.17, 15) is 4.79 Å². The SMILES string of the molecule is CN(CCN(C)c1ccccc1)C(=O)CCCCCCN.Cl.Cl. The van der Waals surface area contributed by atoms with Crippen molar-refractivity contribution in [2.45, 2.75) is 32.1 Å². The number of nitrogens with zero attached hydrogens (tertiary/aromatic N) is 2. The number of nitrogens with two attached hydrogens (primary N) is 1. The van der Waals surface area contributed by atoms with Crippen LogP contribution in [0.3, 0.4) is 0 Å². The van der Waals surface area contributed by atoms with Gasteiger partial charge in [0.05, 0.1) is 0 Å². The van der Waals surface area contributed by atoms with Crippen LogP contribution in [0.2, 0.25) is 0 Å².